The van der Waals surface area contributed by atoms with Crippen molar-refractivity contribution in [2.24, 2.45) is 0 Å². The fraction of sp³-hybridized carbons (Fsp3) is 0.375. The van der Waals surface area contributed by atoms with E-state index in [0.29, 0.717) is 6.04 Å². The summed E-state index contributed by atoms with van der Waals surface area (Å²) in [7, 11) is 0. The molecule has 2 rings (SSSR count). The smallest absolute Gasteiger partial charge is 0.0934 e. The lowest BCUT2D eigenvalue weighted by molar-refractivity contribution is 0.505. The van der Waals surface area contributed by atoms with Crippen molar-refractivity contribution in [2.75, 3.05) is 6.54 Å². The topological polar surface area (TPSA) is 37.8 Å². The molecule has 2 aromatic rings. The molecule has 100 valence electrons. The number of fused-ring (bicyclic) bond motifs is 1. The monoisotopic (exact) mass is 255 g/mol. The molecule has 0 aliphatic carbocycles. The van der Waals surface area contributed by atoms with Crippen molar-refractivity contribution in [3.63, 3.8) is 0 Å². The van der Waals surface area contributed by atoms with Gasteiger partial charge in [0.25, 0.3) is 0 Å². The molecule has 0 spiro atoms. The first kappa shape index (κ1) is 13.7. The summed E-state index contributed by atoms with van der Waals surface area (Å²) in [4.78, 5) is 8.86. The fourth-order valence-electron chi connectivity index (χ4n) is 2.27. The SMILES string of the molecule is C=CCCC(NCCC)c1cccc2nccnc12. The average molecular weight is 255 g/mol. The Labute approximate surface area is 114 Å². The molecule has 0 fully saturated rings. The number of nitrogens with one attached hydrogen (secondary N) is 1. The van der Waals surface area contributed by atoms with Gasteiger partial charge in [0.2, 0.25) is 0 Å². The molecule has 0 amide bonds. The summed E-state index contributed by atoms with van der Waals surface area (Å²) in [6.07, 6.45) is 8.64. The maximum Gasteiger partial charge on any atom is 0.0934 e. The highest BCUT2D eigenvalue weighted by molar-refractivity contribution is 5.78. The minimum Gasteiger partial charge on any atom is -0.310 e. The van der Waals surface area contributed by atoms with E-state index >= 15 is 0 Å². The summed E-state index contributed by atoms with van der Waals surface area (Å²) in [6, 6.07) is 6.53. The zero-order chi connectivity index (χ0) is 13.5. The van der Waals surface area contributed by atoms with Gasteiger partial charge in [-0.3, -0.25) is 9.97 Å². The lowest BCUT2D eigenvalue weighted by Gasteiger charge is -2.19. The van der Waals surface area contributed by atoms with Gasteiger partial charge in [-0.1, -0.05) is 25.1 Å². The molecule has 3 nitrogen and oxygen atoms in total. The molecule has 1 aromatic carbocycles. The van der Waals surface area contributed by atoms with Crippen LogP contribution in [0.25, 0.3) is 11.0 Å². The molecule has 19 heavy (non-hydrogen) atoms. The fourth-order valence-corrected chi connectivity index (χ4v) is 2.27. The summed E-state index contributed by atoms with van der Waals surface area (Å²) in [6.45, 7) is 7.01. The maximum atomic E-state index is 4.49. The molecule has 1 heterocycles. The molecular weight excluding hydrogens is 234 g/mol. The van der Waals surface area contributed by atoms with E-state index in [2.05, 4.69) is 40.9 Å². The van der Waals surface area contributed by atoms with Crippen LogP contribution < -0.4 is 5.32 Å². The molecule has 1 aromatic heterocycles. The van der Waals surface area contributed by atoms with E-state index < -0.39 is 0 Å². The van der Waals surface area contributed by atoms with Crippen LogP contribution in [-0.2, 0) is 0 Å². The van der Waals surface area contributed by atoms with Crippen LogP contribution in [0.1, 0.15) is 37.8 Å². The molecule has 1 atom stereocenters. The summed E-state index contributed by atoms with van der Waals surface area (Å²) >= 11 is 0. The molecule has 0 aliphatic heterocycles. The summed E-state index contributed by atoms with van der Waals surface area (Å²) in [5, 5.41) is 3.60. The largest absolute Gasteiger partial charge is 0.310 e. The second kappa shape index (κ2) is 7.00. The Hall–Kier alpha value is -1.74. The summed E-state index contributed by atoms with van der Waals surface area (Å²) in [5.74, 6) is 0. The van der Waals surface area contributed by atoms with Gasteiger partial charge in [-0.2, -0.15) is 0 Å². The Morgan fingerprint density at radius 1 is 1.32 bits per heavy atom. The summed E-state index contributed by atoms with van der Waals surface area (Å²) < 4.78 is 0. The van der Waals surface area contributed by atoms with E-state index in [1.807, 2.05) is 12.1 Å². The highest BCUT2D eigenvalue weighted by Crippen LogP contribution is 2.24. The lowest BCUT2D eigenvalue weighted by atomic mass is 10.00. The van der Waals surface area contributed by atoms with E-state index in [1.54, 1.807) is 12.4 Å². The first-order valence-electron chi connectivity index (χ1n) is 6.90. The Balaban J connectivity index is 2.33. The van der Waals surface area contributed by atoms with E-state index in [9.17, 15) is 0 Å². The van der Waals surface area contributed by atoms with Crippen molar-refractivity contribution in [3.05, 3.63) is 48.8 Å². The number of rotatable bonds is 7. The molecule has 0 aliphatic rings. The number of nitrogens with zero attached hydrogens (tertiary/aromatic N) is 2. The molecular formula is C16H21N3. The predicted octanol–water partition coefficient (Wildman–Crippen LogP) is 3.64. The third-order valence-electron chi connectivity index (χ3n) is 3.21. The quantitative estimate of drug-likeness (QED) is 0.768. The predicted molar refractivity (Wildman–Crippen MR) is 80.0 cm³/mol. The number of benzene rings is 1. The van der Waals surface area contributed by atoms with Crippen LogP contribution in [0.3, 0.4) is 0 Å². The van der Waals surface area contributed by atoms with E-state index in [1.165, 1.54) is 5.56 Å². The van der Waals surface area contributed by atoms with Crippen LogP contribution in [0, 0.1) is 0 Å². The Morgan fingerprint density at radius 2 is 2.16 bits per heavy atom. The van der Waals surface area contributed by atoms with Crippen molar-refractivity contribution < 1.29 is 0 Å². The Bertz CT molecular complexity index is 531. The average Bonchev–Trinajstić information content (AvgIpc) is 2.47. The minimum atomic E-state index is 0.318. The normalized spacial score (nSPS) is 12.5. The van der Waals surface area contributed by atoms with Gasteiger partial charge < -0.3 is 5.32 Å². The standard InChI is InChI=1S/C16H21N3/c1-3-5-8-14(17-10-4-2)13-7-6-9-15-16(13)19-12-11-18-15/h3,6-7,9,11-12,14,17H,1,4-5,8,10H2,2H3. The van der Waals surface area contributed by atoms with E-state index in [4.69, 9.17) is 0 Å². The zero-order valence-corrected chi connectivity index (χ0v) is 11.5. The van der Waals surface area contributed by atoms with Gasteiger partial charge in [0.15, 0.2) is 0 Å². The molecule has 1 unspecified atom stereocenters. The summed E-state index contributed by atoms with van der Waals surface area (Å²) in [5.41, 5.74) is 3.20. The highest BCUT2D eigenvalue weighted by atomic mass is 14.9. The Kier molecular flexibility index (Phi) is 5.04. The first-order chi connectivity index (χ1) is 9.36. The van der Waals surface area contributed by atoms with Gasteiger partial charge in [-0.05, 0) is 37.4 Å². The van der Waals surface area contributed by atoms with E-state index in [-0.39, 0.29) is 0 Å². The first-order valence-corrected chi connectivity index (χ1v) is 6.90. The van der Waals surface area contributed by atoms with Gasteiger partial charge >= 0.3 is 0 Å². The van der Waals surface area contributed by atoms with Crippen molar-refractivity contribution >= 4 is 11.0 Å². The van der Waals surface area contributed by atoms with Crippen LogP contribution in [0.5, 0.6) is 0 Å². The maximum absolute atomic E-state index is 4.49. The van der Waals surface area contributed by atoms with Crippen LogP contribution in [0.2, 0.25) is 0 Å². The zero-order valence-electron chi connectivity index (χ0n) is 11.5. The highest BCUT2D eigenvalue weighted by Gasteiger charge is 2.13. The lowest BCUT2D eigenvalue weighted by Crippen LogP contribution is -2.22. The number of allylic oxidation sites excluding steroid dienone is 1. The van der Waals surface area contributed by atoms with Gasteiger partial charge in [0.05, 0.1) is 11.0 Å². The molecule has 0 saturated carbocycles. The van der Waals surface area contributed by atoms with Crippen LogP contribution in [-0.4, -0.2) is 16.5 Å². The van der Waals surface area contributed by atoms with Crippen molar-refractivity contribution in [1.29, 1.82) is 0 Å². The number of hydrogen-bond donors (Lipinski definition) is 1. The van der Waals surface area contributed by atoms with E-state index in [0.717, 1.165) is 36.8 Å². The number of hydrogen-bond acceptors (Lipinski definition) is 3. The second-order valence-electron chi connectivity index (χ2n) is 4.64. The van der Waals surface area contributed by atoms with Crippen molar-refractivity contribution in [2.45, 2.75) is 32.2 Å². The number of para-hydroxylation sites is 1. The minimum absolute atomic E-state index is 0.318. The third-order valence-corrected chi connectivity index (χ3v) is 3.21. The third kappa shape index (κ3) is 3.38. The van der Waals surface area contributed by atoms with Gasteiger partial charge in [-0.25, -0.2) is 0 Å². The van der Waals surface area contributed by atoms with Crippen molar-refractivity contribution in [3.8, 4) is 0 Å². The Morgan fingerprint density at radius 3 is 2.95 bits per heavy atom. The molecule has 3 heteroatoms. The molecule has 0 saturated heterocycles. The van der Waals surface area contributed by atoms with Crippen LogP contribution >= 0.6 is 0 Å². The van der Waals surface area contributed by atoms with Gasteiger partial charge in [-0.15, -0.1) is 6.58 Å². The molecule has 0 radical (unpaired) electrons. The van der Waals surface area contributed by atoms with Crippen LogP contribution in [0.15, 0.2) is 43.2 Å². The molecule has 1 N–H and O–H groups in total. The van der Waals surface area contributed by atoms with Gasteiger partial charge in [0.1, 0.15) is 0 Å². The van der Waals surface area contributed by atoms with Crippen molar-refractivity contribution in [1.82, 2.24) is 15.3 Å². The van der Waals surface area contributed by atoms with Gasteiger partial charge in [0, 0.05) is 18.4 Å². The van der Waals surface area contributed by atoms with Crippen LogP contribution in [0.4, 0.5) is 0 Å². The number of aromatic nitrogens is 2. The molecule has 0 bridgehead atoms. The second-order valence-corrected chi connectivity index (χ2v) is 4.64.